The van der Waals surface area contributed by atoms with Crippen molar-refractivity contribution in [1.82, 2.24) is 36.1 Å². The summed E-state index contributed by atoms with van der Waals surface area (Å²) in [6.45, 7) is 3.95. The van der Waals surface area contributed by atoms with Gasteiger partial charge in [-0.15, -0.1) is 0 Å². The molecule has 2 aromatic heterocycles. The molecule has 3 aliphatic heterocycles. The number of alkyl halides is 3. The number of anilines is 1. The Morgan fingerprint density at radius 2 is 1.88 bits per heavy atom. The first-order valence-corrected chi connectivity index (χ1v) is 19.7. The Morgan fingerprint density at radius 3 is 2.56 bits per heavy atom. The Bertz CT molecular complexity index is 2050. The molecule has 2 amide bonds. The smallest absolute Gasteiger partial charge is 0.419 e. The molecule has 5 heterocycles. The SMILES string of the molecule is COC1=C(CNC[C@@H]2CCC(=O)N2)C=CC(c2ccncc2Cl)(c2cccc3c2CC[C@@H]3Nc2nc(OC)c(CNC3CCN(C(C)=O)CC3)cc2C(F)(F)F)N1. The number of hydrogen-bond acceptors (Lipinski definition) is 10. The van der Waals surface area contributed by atoms with Gasteiger partial charge in [-0.1, -0.05) is 35.9 Å². The van der Waals surface area contributed by atoms with E-state index in [2.05, 4.69) is 36.6 Å². The van der Waals surface area contributed by atoms with E-state index in [9.17, 15) is 22.8 Å². The van der Waals surface area contributed by atoms with Gasteiger partial charge in [0.2, 0.25) is 17.7 Å². The summed E-state index contributed by atoms with van der Waals surface area (Å²) in [7, 11) is 2.99. The van der Waals surface area contributed by atoms with Crippen LogP contribution in [0.5, 0.6) is 5.88 Å². The van der Waals surface area contributed by atoms with Gasteiger partial charge in [-0.05, 0) is 67.0 Å². The maximum atomic E-state index is 14.8. The van der Waals surface area contributed by atoms with Gasteiger partial charge in [0.05, 0.1) is 30.8 Å². The van der Waals surface area contributed by atoms with Crippen LogP contribution in [0.3, 0.4) is 0 Å². The molecule has 5 N–H and O–H groups in total. The molecule has 1 aromatic carbocycles. The Kier molecular flexibility index (Phi) is 12.0. The Hall–Kier alpha value is -4.86. The van der Waals surface area contributed by atoms with E-state index in [4.69, 9.17) is 21.1 Å². The van der Waals surface area contributed by atoms with Gasteiger partial charge in [-0.3, -0.25) is 14.6 Å². The van der Waals surface area contributed by atoms with Crippen LogP contribution in [0, 0.1) is 0 Å². The lowest BCUT2D eigenvalue weighted by Gasteiger charge is -2.39. The fourth-order valence-electron chi connectivity index (χ4n) is 8.45. The molecule has 2 saturated heterocycles. The lowest BCUT2D eigenvalue weighted by molar-refractivity contribution is -0.137. The highest BCUT2D eigenvalue weighted by Crippen LogP contribution is 2.46. The number of hydrogen-bond donors (Lipinski definition) is 5. The summed E-state index contributed by atoms with van der Waals surface area (Å²) in [6.07, 6.45) is 6.39. The van der Waals surface area contributed by atoms with Crippen molar-refractivity contribution in [2.24, 2.45) is 0 Å². The molecular weight excluding hydrogens is 761 g/mol. The molecule has 12 nitrogen and oxygen atoms in total. The zero-order chi connectivity index (χ0) is 40.3. The molecule has 1 unspecified atom stereocenters. The Morgan fingerprint density at radius 1 is 1.07 bits per heavy atom. The quantitative estimate of drug-likeness (QED) is 0.151. The number of nitrogens with one attached hydrogen (secondary N) is 5. The second-order valence-corrected chi connectivity index (χ2v) is 15.3. The number of halogens is 4. The zero-order valence-electron chi connectivity index (χ0n) is 32.2. The van der Waals surface area contributed by atoms with Crippen molar-refractivity contribution < 1.29 is 32.2 Å². The topological polar surface area (TPSA) is 142 Å². The number of dihydropyridines is 1. The van der Waals surface area contributed by atoms with Crippen LogP contribution in [-0.2, 0) is 39.0 Å². The van der Waals surface area contributed by atoms with Crippen molar-refractivity contribution in [1.29, 1.82) is 0 Å². The number of piperidine rings is 1. The predicted molar refractivity (Wildman–Crippen MR) is 209 cm³/mol. The molecule has 7 rings (SSSR count). The van der Waals surface area contributed by atoms with E-state index in [-0.39, 0.29) is 42.1 Å². The predicted octanol–water partition coefficient (Wildman–Crippen LogP) is 5.49. The number of carbonyl (C=O) groups excluding carboxylic acids is 2. The van der Waals surface area contributed by atoms with Gasteiger partial charge in [0.1, 0.15) is 11.4 Å². The third kappa shape index (κ3) is 8.56. The number of fused-ring (bicyclic) bond motifs is 1. The fraction of sp³-hybridized carbons (Fsp3) is 0.463. The van der Waals surface area contributed by atoms with Crippen LogP contribution in [-0.4, -0.2) is 79.2 Å². The maximum absolute atomic E-state index is 14.8. The number of nitrogens with zero attached hydrogens (tertiary/aromatic N) is 3. The highest BCUT2D eigenvalue weighted by atomic mass is 35.5. The van der Waals surface area contributed by atoms with Gasteiger partial charge in [-0.2, -0.15) is 18.2 Å². The summed E-state index contributed by atoms with van der Waals surface area (Å²) in [4.78, 5) is 33.8. The molecular formula is C41H48ClF3N8O4. The number of aromatic nitrogens is 2. The number of rotatable bonds is 13. The van der Waals surface area contributed by atoms with Gasteiger partial charge in [-0.25, -0.2) is 0 Å². The summed E-state index contributed by atoms with van der Waals surface area (Å²) >= 11 is 6.87. The standard InChI is InChI=1S/C41H48ClF3N8O4/c1-24(54)53-17-13-27(14-18-53)48-21-26-19-33(41(43,44)45)37(51-38(26)56-2)50-35-9-8-29-30(35)5-4-6-31(29)40(32-12-16-46-23-34(32)42)15-11-25(39(52-40)57-3)20-47-22-28-7-10-36(55)49-28/h4-6,11-12,15-16,19,23,27-28,35,47-48,52H,7-10,13-14,17-18,20-22H2,1-3H3,(H,49,55)(H,50,51)/t28-,35-,40?/m0/s1. The summed E-state index contributed by atoms with van der Waals surface area (Å²) in [5.41, 5.74) is 2.70. The molecule has 0 bridgehead atoms. The van der Waals surface area contributed by atoms with E-state index in [1.165, 1.54) is 14.0 Å². The molecule has 304 valence electrons. The number of benzene rings is 1. The summed E-state index contributed by atoms with van der Waals surface area (Å²) in [6, 6.07) is 8.43. The van der Waals surface area contributed by atoms with Crippen LogP contribution in [0.25, 0.3) is 0 Å². The van der Waals surface area contributed by atoms with Gasteiger partial charge in [0.15, 0.2) is 5.88 Å². The van der Waals surface area contributed by atoms with Crippen LogP contribution < -0.4 is 31.3 Å². The second kappa shape index (κ2) is 16.9. The van der Waals surface area contributed by atoms with Crippen molar-refractivity contribution in [2.75, 3.05) is 45.7 Å². The first kappa shape index (κ1) is 40.3. The second-order valence-electron chi connectivity index (χ2n) is 14.9. The van der Waals surface area contributed by atoms with E-state index < -0.39 is 23.3 Å². The highest BCUT2D eigenvalue weighted by molar-refractivity contribution is 6.31. The zero-order valence-corrected chi connectivity index (χ0v) is 32.9. The van der Waals surface area contributed by atoms with Crippen LogP contribution >= 0.6 is 11.6 Å². The molecule has 0 saturated carbocycles. The van der Waals surface area contributed by atoms with Crippen LogP contribution in [0.4, 0.5) is 19.0 Å². The minimum Gasteiger partial charge on any atom is -0.482 e. The molecule has 4 aliphatic rings. The van der Waals surface area contributed by atoms with Gasteiger partial charge < -0.3 is 41.0 Å². The van der Waals surface area contributed by atoms with E-state index in [0.29, 0.717) is 74.8 Å². The molecule has 0 spiro atoms. The minimum absolute atomic E-state index is 0.0162. The number of pyridine rings is 2. The number of amides is 2. The normalized spacial score (nSPS) is 22.3. The van der Waals surface area contributed by atoms with E-state index in [1.54, 1.807) is 24.4 Å². The van der Waals surface area contributed by atoms with Crippen molar-refractivity contribution in [2.45, 2.75) is 81.8 Å². The Balaban J connectivity index is 1.16. The average Bonchev–Trinajstić information content (AvgIpc) is 3.82. The van der Waals surface area contributed by atoms with E-state index >= 15 is 0 Å². The lowest BCUT2D eigenvalue weighted by atomic mass is 9.78. The van der Waals surface area contributed by atoms with Crippen molar-refractivity contribution in [3.05, 3.63) is 105 Å². The number of likely N-dealkylation sites (tertiary alicyclic amines) is 1. The van der Waals surface area contributed by atoms with Crippen LogP contribution in [0.2, 0.25) is 5.02 Å². The number of carbonyl (C=O) groups is 2. The van der Waals surface area contributed by atoms with Crippen molar-refractivity contribution in [3.8, 4) is 5.88 Å². The molecule has 57 heavy (non-hydrogen) atoms. The minimum atomic E-state index is -4.69. The van der Waals surface area contributed by atoms with E-state index in [0.717, 1.165) is 40.3 Å². The molecule has 3 aromatic rings. The monoisotopic (exact) mass is 808 g/mol. The summed E-state index contributed by atoms with van der Waals surface area (Å²) in [5, 5.41) is 17.0. The molecule has 16 heteroatoms. The molecule has 0 radical (unpaired) electrons. The van der Waals surface area contributed by atoms with Gasteiger partial charge in [0.25, 0.3) is 0 Å². The first-order valence-electron chi connectivity index (χ1n) is 19.3. The fourth-order valence-corrected chi connectivity index (χ4v) is 8.72. The molecule has 1 aliphatic carbocycles. The maximum Gasteiger partial charge on any atom is 0.419 e. The van der Waals surface area contributed by atoms with Gasteiger partial charge >= 0.3 is 6.18 Å². The van der Waals surface area contributed by atoms with Crippen molar-refractivity contribution >= 4 is 29.2 Å². The third-order valence-corrected chi connectivity index (χ3v) is 11.7. The number of ether oxygens (including phenoxy) is 2. The third-order valence-electron chi connectivity index (χ3n) is 11.4. The van der Waals surface area contributed by atoms with Crippen LogP contribution in [0.15, 0.2) is 66.3 Å². The molecule has 2 fully saturated rings. The average molecular weight is 809 g/mol. The highest BCUT2D eigenvalue weighted by Gasteiger charge is 2.42. The number of methoxy groups -OCH3 is 2. The summed E-state index contributed by atoms with van der Waals surface area (Å²) < 4.78 is 55.7. The summed E-state index contributed by atoms with van der Waals surface area (Å²) in [5.74, 6) is 0.403. The Labute approximate surface area is 335 Å². The van der Waals surface area contributed by atoms with Crippen molar-refractivity contribution in [3.63, 3.8) is 0 Å². The van der Waals surface area contributed by atoms with E-state index in [1.807, 2.05) is 36.4 Å². The van der Waals surface area contributed by atoms with Gasteiger partial charge in [0, 0.05) is 87.2 Å². The molecule has 3 atom stereocenters. The van der Waals surface area contributed by atoms with Crippen LogP contribution in [0.1, 0.15) is 78.5 Å². The first-order chi connectivity index (χ1) is 27.4. The largest absolute Gasteiger partial charge is 0.482 e. The lowest BCUT2D eigenvalue weighted by Crippen LogP contribution is -2.46.